The molecular weight excluding hydrogens is 176 g/mol. The van der Waals surface area contributed by atoms with Crippen LogP contribution in [0.4, 0.5) is 0 Å². The van der Waals surface area contributed by atoms with Crippen molar-refractivity contribution < 1.29 is 19.1 Å². The van der Waals surface area contributed by atoms with Crippen molar-refractivity contribution in [3.8, 4) is 0 Å². The molecule has 0 saturated carbocycles. The first-order valence-corrected chi connectivity index (χ1v) is 3.73. The maximum atomic E-state index is 10.3. The Morgan fingerprint density at radius 3 is 2.85 bits per heavy atom. The van der Waals surface area contributed by atoms with Gasteiger partial charge >= 0.3 is 5.97 Å². The summed E-state index contributed by atoms with van der Waals surface area (Å²) in [6.07, 6.45) is -0.868. The highest BCUT2D eigenvalue weighted by atomic mass is 16.5. The van der Waals surface area contributed by atoms with Gasteiger partial charge in [0.1, 0.15) is 6.61 Å². The molecule has 0 bridgehead atoms. The Hall–Kier alpha value is -1.43. The van der Waals surface area contributed by atoms with E-state index in [9.17, 15) is 4.79 Å². The van der Waals surface area contributed by atoms with Crippen LogP contribution in [-0.2, 0) is 16.1 Å². The lowest BCUT2D eigenvalue weighted by Gasteiger charge is -2.04. The number of aryl methyl sites for hydroxylation is 1. The van der Waals surface area contributed by atoms with Crippen molar-refractivity contribution in [1.29, 1.82) is 0 Å². The summed E-state index contributed by atoms with van der Waals surface area (Å²) in [5.41, 5.74) is 0. The van der Waals surface area contributed by atoms with Crippen molar-refractivity contribution in [3.63, 3.8) is 0 Å². The van der Waals surface area contributed by atoms with Crippen molar-refractivity contribution >= 4 is 5.97 Å². The molecule has 0 aliphatic heterocycles. The SMILES string of the molecule is Cc1nnc(COC(C)C(=O)O)o1. The number of aromatic nitrogens is 2. The molecule has 0 amide bonds. The molecule has 1 rings (SSSR count). The van der Waals surface area contributed by atoms with Crippen LogP contribution in [0.3, 0.4) is 0 Å². The summed E-state index contributed by atoms with van der Waals surface area (Å²) in [7, 11) is 0. The largest absolute Gasteiger partial charge is 0.479 e. The average molecular weight is 186 g/mol. The molecule has 1 atom stereocenters. The van der Waals surface area contributed by atoms with Crippen LogP contribution in [0.25, 0.3) is 0 Å². The Bertz CT molecular complexity index is 296. The van der Waals surface area contributed by atoms with Gasteiger partial charge in [0.05, 0.1) is 0 Å². The minimum atomic E-state index is -1.02. The average Bonchev–Trinajstić information content (AvgIpc) is 2.47. The van der Waals surface area contributed by atoms with Crippen LogP contribution in [-0.4, -0.2) is 27.4 Å². The van der Waals surface area contributed by atoms with E-state index in [1.807, 2.05) is 0 Å². The summed E-state index contributed by atoms with van der Waals surface area (Å²) in [5, 5.41) is 15.7. The van der Waals surface area contributed by atoms with Crippen LogP contribution >= 0.6 is 0 Å². The van der Waals surface area contributed by atoms with Gasteiger partial charge in [-0.2, -0.15) is 0 Å². The molecular formula is C7H10N2O4. The van der Waals surface area contributed by atoms with E-state index < -0.39 is 12.1 Å². The normalized spacial score (nSPS) is 12.8. The van der Waals surface area contributed by atoms with Crippen LogP contribution in [0.2, 0.25) is 0 Å². The highest BCUT2D eigenvalue weighted by Gasteiger charge is 2.12. The Kier molecular flexibility index (Phi) is 2.97. The Balaban J connectivity index is 2.39. The molecule has 0 aromatic carbocycles. The molecule has 6 nitrogen and oxygen atoms in total. The summed E-state index contributed by atoms with van der Waals surface area (Å²) in [6.45, 7) is 3.11. The lowest BCUT2D eigenvalue weighted by atomic mass is 10.4. The van der Waals surface area contributed by atoms with Gasteiger partial charge in [0.15, 0.2) is 6.10 Å². The second-order valence-electron chi connectivity index (χ2n) is 2.51. The van der Waals surface area contributed by atoms with Gasteiger partial charge in [0, 0.05) is 6.92 Å². The minimum Gasteiger partial charge on any atom is -0.479 e. The monoisotopic (exact) mass is 186 g/mol. The second-order valence-corrected chi connectivity index (χ2v) is 2.51. The predicted octanol–water partition coefficient (Wildman–Crippen LogP) is 0.368. The summed E-state index contributed by atoms with van der Waals surface area (Å²) in [6, 6.07) is 0. The molecule has 1 aromatic rings. The molecule has 13 heavy (non-hydrogen) atoms. The van der Waals surface area contributed by atoms with E-state index in [4.69, 9.17) is 14.3 Å². The van der Waals surface area contributed by atoms with Crippen molar-refractivity contribution in [2.45, 2.75) is 26.6 Å². The van der Waals surface area contributed by atoms with E-state index in [-0.39, 0.29) is 12.5 Å². The van der Waals surface area contributed by atoms with Crippen molar-refractivity contribution in [2.24, 2.45) is 0 Å². The first-order valence-electron chi connectivity index (χ1n) is 3.73. The number of carbonyl (C=O) groups is 1. The number of nitrogens with zero attached hydrogens (tertiary/aromatic N) is 2. The van der Waals surface area contributed by atoms with E-state index in [1.165, 1.54) is 6.92 Å². The van der Waals surface area contributed by atoms with Gasteiger partial charge in [-0.1, -0.05) is 0 Å². The van der Waals surface area contributed by atoms with E-state index >= 15 is 0 Å². The molecule has 0 aliphatic carbocycles. The van der Waals surface area contributed by atoms with Crippen LogP contribution in [0.15, 0.2) is 4.42 Å². The molecule has 1 unspecified atom stereocenters. The van der Waals surface area contributed by atoms with Crippen molar-refractivity contribution in [1.82, 2.24) is 10.2 Å². The third-order valence-electron chi connectivity index (χ3n) is 1.37. The first-order chi connectivity index (χ1) is 6.09. The fraction of sp³-hybridized carbons (Fsp3) is 0.571. The highest BCUT2D eigenvalue weighted by molar-refractivity contribution is 5.71. The van der Waals surface area contributed by atoms with E-state index in [1.54, 1.807) is 6.92 Å². The van der Waals surface area contributed by atoms with Gasteiger partial charge < -0.3 is 14.3 Å². The molecule has 1 heterocycles. The lowest BCUT2D eigenvalue weighted by Crippen LogP contribution is -2.19. The molecule has 0 radical (unpaired) electrons. The van der Waals surface area contributed by atoms with Gasteiger partial charge in [-0.3, -0.25) is 0 Å². The topological polar surface area (TPSA) is 85.5 Å². The second kappa shape index (κ2) is 3.99. The number of hydrogen-bond acceptors (Lipinski definition) is 5. The number of ether oxygens (including phenoxy) is 1. The van der Waals surface area contributed by atoms with Gasteiger partial charge in [0.25, 0.3) is 0 Å². The van der Waals surface area contributed by atoms with Crippen LogP contribution in [0.1, 0.15) is 18.7 Å². The molecule has 0 saturated heterocycles. The lowest BCUT2D eigenvalue weighted by molar-refractivity contribution is -0.150. The maximum absolute atomic E-state index is 10.3. The fourth-order valence-electron chi connectivity index (χ4n) is 0.663. The van der Waals surface area contributed by atoms with Gasteiger partial charge in [-0.05, 0) is 6.92 Å². The van der Waals surface area contributed by atoms with Crippen LogP contribution < -0.4 is 0 Å². The Morgan fingerprint density at radius 2 is 2.38 bits per heavy atom. The quantitative estimate of drug-likeness (QED) is 0.731. The zero-order chi connectivity index (χ0) is 9.84. The minimum absolute atomic E-state index is 0.0221. The van der Waals surface area contributed by atoms with E-state index in [0.717, 1.165) is 0 Å². The van der Waals surface area contributed by atoms with Gasteiger partial charge in [0.2, 0.25) is 11.8 Å². The third kappa shape index (κ3) is 2.83. The van der Waals surface area contributed by atoms with Crippen molar-refractivity contribution in [2.75, 3.05) is 0 Å². The molecule has 6 heteroatoms. The molecule has 0 aliphatic rings. The standard InChI is InChI=1S/C7H10N2O4/c1-4(7(10)11)12-3-6-9-8-5(2)13-6/h4H,3H2,1-2H3,(H,10,11). The van der Waals surface area contributed by atoms with E-state index in [2.05, 4.69) is 10.2 Å². The fourth-order valence-corrected chi connectivity index (χ4v) is 0.663. The summed E-state index contributed by atoms with van der Waals surface area (Å²) >= 11 is 0. The van der Waals surface area contributed by atoms with Crippen LogP contribution in [0.5, 0.6) is 0 Å². The molecule has 0 fully saturated rings. The molecule has 1 N–H and O–H groups in total. The predicted molar refractivity (Wildman–Crippen MR) is 40.9 cm³/mol. The third-order valence-corrected chi connectivity index (χ3v) is 1.37. The number of carboxylic acid groups (broad SMARTS) is 1. The first kappa shape index (κ1) is 9.66. The van der Waals surface area contributed by atoms with Gasteiger partial charge in [-0.25, -0.2) is 4.79 Å². The van der Waals surface area contributed by atoms with Crippen LogP contribution in [0, 0.1) is 6.92 Å². The molecule has 72 valence electrons. The van der Waals surface area contributed by atoms with Crippen molar-refractivity contribution in [3.05, 3.63) is 11.8 Å². The van der Waals surface area contributed by atoms with E-state index in [0.29, 0.717) is 5.89 Å². The molecule has 0 spiro atoms. The summed E-state index contributed by atoms with van der Waals surface area (Å²) in [4.78, 5) is 10.3. The highest BCUT2D eigenvalue weighted by Crippen LogP contribution is 2.02. The zero-order valence-corrected chi connectivity index (χ0v) is 7.35. The molecule has 1 aromatic heterocycles. The summed E-state index contributed by atoms with van der Waals surface area (Å²) < 4.78 is 9.88. The zero-order valence-electron chi connectivity index (χ0n) is 7.35. The maximum Gasteiger partial charge on any atom is 0.332 e. The summed E-state index contributed by atoms with van der Waals surface area (Å²) in [5.74, 6) is -0.302. The van der Waals surface area contributed by atoms with Gasteiger partial charge in [-0.15, -0.1) is 10.2 Å². The smallest absolute Gasteiger partial charge is 0.332 e. The number of hydrogen-bond donors (Lipinski definition) is 1. The Morgan fingerprint density at radius 1 is 1.69 bits per heavy atom. The number of carboxylic acids is 1. The number of rotatable bonds is 4. The number of aliphatic carboxylic acids is 1. The Labute approximate surface area is 74.5 Å².